The lowest BCUT2D eigenvalue weighted by atomic mass is 9.99. The van der Waals surface area contributed by atoms with E-state index < -0.39 is 0 Å². The largest absolute Gasteiger partial charge is 0.310 e. The first-order valence-corrected chi connectivity index (χ1v) is 5.81. The summed E-state index contributed by atoms with van der Waals surface area (Å²) < 4.78 is 0. The molecule has 1 aliphatic heterocycles. The maximum Gasteiger partial charge on any atom is 0.269 e. The van der Waals surface area contributed by atoms with Crippen LogP contribution < -0.4 is 5.32 Å². The molecule has 0 saturated carbocycles. The average Bonchev–Trinajstić information content (AvgIpc) is 2.82. The molecule has 0 spiro atoms. The normalized spacial score (nSPS) is 19.2. The van der Waals surface area contributed by atoms with Crippen molar-refractivity contribution >= 4 is 5.69 Å². The van der Waals surface area contributed by atoms with Crippen LogP contribution in [0.25, 0.3) is 0 Å². The molecule has 0 amide bonds. The van der Waals surface area contributed by atoms with Gasteiger partial charge < -0.3 is 5.32 Å². The molecule has 1 heterocycles. The van der Waals surface area contributed by atoms with Crippen molar-refractivity contribution in [1.82, 2.24) is 5.32 Å². The number of nitrogens with zero attached hydrogens (tertiary/aromatic N) is 1. The maximum absolute atomic E-state index is 10.7. The topological polar surface area (TPSA) is 55.2 Å². The van der Waals surface area contributed by atoms with Gasteiger partial charge >= 0.3 is 0 Å². The molecule has 4 nitrogen and oxygen atoms in total. The second kappa shape index (κ2) is 5.10. The standard InChI is InChI=1S/C13H16N2O2/c1-10(13-6-3-7-14-13)8-11-4-2-5-12(9-11)15(16)17/h2,4-5,9,13-14H,1,3,6-8H2. The summed E-state index contributed by atoms with van der Waals surface area (Å²) in [5.74, 6) is 0. The highest BCUT2D eigenvalue weighted by atomic mass is 16.6. The Morgan fingerprint density at radius 2 is 2.41 bits per heavy atom. The molecule has 17 heavy (non-hydrogen) atoms. The lowest BCUT2D eigenvalue weighted by molar-refractivity contribution is -0.384. The van der Waals surface area contributed by atoms with Gasteiger partial charge in [-0.05, 0) is 31.4 Å². The van der Waals surface area contributed by atoms with Crippen molar-refractivity contribution in [2.75, 3.05) is 6.54 Å². The predicted octanol–water partition coefficient (Wildman–Crippen LogP) is 2.45. The van der Waals surface area contributed by atoms with Crippen LogP contribution in [0, 0.1) is 10.1 Å². The first-order valence-electron chi connectivity index (χ1n) is 5.81. The van der Waals surface area contributed by atoms with Gasteiger partial charge in [0.2, 0.25) is 0 Å². The van der Waals surface area contributed by atoms with Gasteiger partial charge in [-0.1, -0.05) is 24.3 Å². The van der Waals surface area contributed by atoms with Gasteiger partial charge in [-0.25, -0.2) is 0 Å². The summed E-state index contributed by atoms with van der Waals surface area (Å²) in [6, 6.07) is 7.14. The minimum atomic E-state index is -0.361. The van der Waals surface area contributed by atoms with Crippen LogP contribution in [0.4, 0.5) is 5.69 Å². The zero-order valence-electron chi connectivity index (χ0n) is 9.69. The number of rotatable bonds is 4. The fourth-order valence-electron chi connectivity index (χ4n) is 2.20. The van der Waals surface area contributed by atoms with Crippen LogP contribution in [0.3, 0.4) is 0 Å². The Bertz CT molecular complexity index is 437. The highest BCUT2D eigenvalue weighted by molar-refractivity contribution is 5.36. The zero-order chi connectivity index (χ0) is 12.3. The van der Waals surface area contributed by atoms with Crippen molar-refractivity contribution in [2.24, 2.45) is 0 Å². The van der Waals surface area contributed by atoms with Crippen molar-refractivity contribution in [3.05, 3.63) is 52.1 Å². The third-order valence-electron chi connectivity index (χ3n) is 3.11. The van der Waals surface area contributed by atoms with Crippen LogP contribution in [-0.4, -0.2) is 17.5 Å². The Labute approximate surface area is 100 Å². The van der Waals surface area contributed by atoms with Gasteiger partial charge in [-0.3, -0.25) is 10.1 Å². The number of hydrogen-bond donors (Lipinski definition) is 1. The van der Waals surface area contributed by atoms with E-state index in [4.69, 9.17) is 0 Å². The first kappa shape index (κ1) is 11.8. The number of nitro benzene ring substituents is 1. The predicted molar refractivity (Wildman–Crippen MR) is 67.0 cm³/mol. The fraction of sp³-hybridized carbons (Fsp3) is 0.385. The Balaban J connectivity index is 2.05. The molecule has 90 valence electrons. The molecule has 1 aliphatic rings. The van der Waals surface area contributed by atoms with E-state index in [0.717, 1.165) is 24.1 Å². The molecule has 4 heteroatoms. The summed E-state index contributed by atoms with van der Waals surface area (Å²) in [5.41, 5.74) is 2.22. The maximum atomic E-state index is 10.7. The van der Waals surface area contributed by atoms with Crippen molar-refractivity contribution in [3.63, 3.8) is 0 Å². The second-order valence-electron chi connectivity index (χ2n) is 4.41. The molecular weight excluding hydrogens is 216 g/mol. The molecule has 0 aromatic heterocycles. The number of nitro groups is 1. The minimum absolute atomic E-state index is 0.148. The summed E-state index contributed by atoms with van der Waals surface area (Å²) >= 11 is 0. The van der Waals surface area contributed by atoms with Crippen molar-refractivity contribution < 1.29 is 4.92 Å². The van der Waals surface area contributed by atoms with Crippen molar-refractivity contribution in [2.45, 2.75) is 25.3 Å². The third kappa shape index (κ3) is 2.91. The monoisotopic (exact) mass is 232 g/mol. The molecule has 1 aromatic carbocycles. The Morgan fingerprint density at radius 3 is 3.06 bits per heavy atom. The molecule has 0 radical (unpaired) electrons. The SMILES string of the molecule is C=C(Cc1cccc([N+](=O)[O-])c1)C1CCCN1. The summed E-state index contributed by atoms with van der Waals surface area (Å²) in [6.07, 6.45) is 3.01. The molecule has 0 bridgehead atoms. The third-order valence-corrected chi connectivity index (χ3v) is 3.11. The Hall–Kier alpha value is -1.68. The second-order valence-corrected chi connectivity index (χ2v) is 4.41. The number of nitrogens with one attached hydrogen (secondary N) is 1. The van der Waals surface area contributed by atoms with Crippen LogP contribution in [0.5, 0.6) is 0 Å². The molecule has 1 atom stereocenters. The van der Waals surface area contributed by atoms with Gasteiger partial charge in [0.05, 0.1) is 4.92 Å². The van der Waals surface area contributed by atoms with E-state index in [1.807, 2.05) is 6.07 Å². The van der Waals surface area contributed by atoms with E-state index in [2.05, 4.69) is 11.9 Å². The number of hydrogen-bond acceptors (Lipinski definition) is 3. The Morgan fingerprint density at radius 1 is 1.59 bits per heavy atom. The van der Waals surface area contributed by atoms with Gasteiger partial charge in [0.25, 0.3) is 5.69 Å². The average molecular weight is 232 g/mol. The summed E-state index contributed by atoms with van der Waals surface area (Å²) in [4.78, 5) is 10.3. The van der Waals surface area contributed by atoms with Gasteiger partial charge in [-0.15, -0.1) is 0 Å². The summed E-state index contributed by atoms with van der Waals surface area (Å²) in [7, 11) is 0. The highest BCUT2D eigenvalue weighted by Crippen LogP contribution is 2.20. The summed E-state index contributed by atoms with van der Waals surface area (Å²) in [6.45, 7) is 5.11. The van der Waals surface area contributed by atoms with Gasteiger partial charge in [0, 0.05) is 18.2 Å². The van der Waals surface area contributed by atoms with E-state index in [9.17, 15) is 10.1 Å². The smallest absolute Gasteiger partial charge is 0.269 e. The highest BCUT2D eigenvalue weighted by Gasteiger charge is 2.17. The lowest BCUT2D eigenvalue weighted by Crippen LogP contribution is -2.24. The van der Waals surface area contributed by atoms with E-state index >= 15 is 0 Å². The quantitative estimate of drug-likeness (QED) is 0.493. The molecule has 1 unspecified atom stereocenters. The van der Waals surface area contributed by atoms with E-state index in [1.165, 1.54) is 12.5 Å². The molecule has 1 fully saturated rings. The van der Waals surface area contributed by atoms with E-state index in [1.54, 1.807) is 12.1 Å². The van der Waals surface area contributed by atoms with E-state index in [-0.39, 0.29) is 10.6 Å². The van der Waals surface area contributed by atoms with Crippen LogP contribution in [0.1, 0.15) is 18.4 Å². The number of benzene rings is 1. The Kier molecular flexibility index (Phi) is 3.54. The van der Waals surface area contributed by atoms with Gasteiger partial charge in [-0.2, -0.15) is 0 Å². The molecule has 1 saturated heterocycles. The van der Waals surface area contributed by atoms with Crippen LogP contribution in [-0.2, 0) is 6.42 Å². The van der Waals surface area contributed by atoms with E-state index in [0.29, 0.717) is 12.5 Å². The van der Waals surface area contributed by atoms with Crippen LogP contribution in [0.2, 0.25) is 0 Å². The van der Waals surface area contributed by atoms with Crippen LogP contribution >= 0.6 is 0 Å². The molecule has 1 N–H and O–H groups in total. The molecular formula is C13H16N2O2. The van der Waals surface area contributed by atoms with Crippen molar-refractivity contribution in [3.8, 4) is 0 Å². The van der Waals surface area contributed by atoms with Gasteiger partial charge in [0.1, 0.15) is 0 Å². The number of non-ortho nitro benzene ring substituents is 1. The molecule has 1 aromatic rings. The summed E-state index contributed by atoms with van der Waals surface area (Å²) in [5, 5.41) is 14.0. The first-order chi connectivity index (χ1) is 8.16. The van der Waals surface area contributed by atoms with Crippen molar-refractivity contribution in [1.29, 1.82) is 0 Å². The zero-order valence-corrected chi connectivity index (χ0v) is 9.69. The fourth-order valence-corrected chi connectivity index (χ4v) is 2.20. The lowest BCUT2D eigenvalue weighted by Gasteiger charge is -2.13. The van der Waals surface area contributed by atoms with Crippen LogP contribution in [0.15, 0.2) is 36.4 Å². The molecule has 0 aliphatic carbocycles. The minimum Gasteiger partial charge on any atom is -0.310 e. The van der Waals surface area contributed by atoms with Gasteiger partial charge in [0.15, 0.2) is 0 Å². The molecule has 2 rings (SSSR count).